The highest BCUT2D eigenvalue weighted by atomic mass is 35.5. The van der Waals surface area contributed by atoms with Crippen molar-refractivity contribution in [2.75, 3.05) is 5.32 Å². The summed E-state index contributed by atoms with van der Waals surface area (Å²) in [6, 6.07) is 6.82. The summed E-state index contributed by atoms with van der Waals surface area (Å²) in [5.74, 6) is -0.982. The van der Waals surface area contributed by atoms with Crippen LogP contribution < -0.4 is 10.1 Å². The number of carbonyl (C=O) groups is 2. The smallest absolute Gasteiger partial charge is 0.331 e. The first kappa shape index (κ1) is 19.8. The average Bonchev–Trinajstić information content (AvgIpc) is 3.01. The fourth-order valence-corrected chi connectivity index (χ4v) is 2.36. The Morgan fingerprint density at radius 1 is 1.35 bits per heavy atom. The van der Waals surface area contributed by atoms with E-state index < -0.39 is 17.6 Å². The van der Waals surface area contributed by atoms with Gasteiger partial charge < -0.3 is 15.2 Å². The van der Waals surface area contributed by atoms with Crippen molar-refractivity contribution in [3.63, 3.8) is 0 Å². The third-order valence-corrected chi connectivity index (χ3v) is 4.10. The minimum absolute atomic E-state index is 0.0977. The molecule has 1 aromatic heterocycles. The van der Waals surface area contributed by atoms with Crippen molar-refractivity contribution in [1.82, 2.24) is 9.78 Å². The number of carboxylic acids is 1. The first-order valence-electron chi connectivity index (χ1n) is 8.13. The zero-order chi connectivity index (χ0) is 19.5. The van der Waals surface area contributed by atoms with Crippen LogP contribution in [0.1, 0.15) is 27.7 Å². The van der Waals surface area contributed by atoms with Crippen molar-refractivity contribution in [3.8, 4) is 5.75 Å². The van der Waals surface area contributed by atoms with E-state index in [0.717, 1.165) is 0 Å². The number of hydrogen-bond acceptors (Lipinski definition) is 4. The molecule has 0 aliphatic carbocycles. The van der Waals surface area contributed by atoms with Crippen LogP contribution in [0.2, 0.25) is 5.02 Å². The normalized spacial score (nSPS) is 12.7. The van der Waals surface area contributed by atoms with Gasteiger partial charge in [0.1, 0.15) is 5.75 Å². The summed E-state index contributed by atoms with van der Waals surface area (Å²) < 4.78 is 7.07. The highest BCUT2D eigenvalue weighted by molar-refractivity contribution is 6.30. The van der Waals surface area contributed by atoms with Gasteiger partial charge in [-0.05, 0) is 38.0 Å². The van der Waals surface area contributed by atoms with Crippen molar-refractivity contribution in [1.29, 1.82) is 0 Å². The Morgan fingerprint density at radius 3 is 2.62 bits per heavy atom. The van der Waals surface area contributed by atoms with Crippen LogP contribution >= 0.6 is 11.6 Å². The SMILES string of the molecule is CC(C)C(Oc1cccc(Cl)c1)C(=O)Nc1cnn(C(C)(C)C(=O)O)c1. The molecule has 2 rings (SSSR count). The van der Waals surface area contributed by atoms with Gasteiger partial charge in [0.05, 0.1) is 11.9 Å². The van der Waals surface area contributed by atoms with Crippen molar-refractivity contribution < 1.29 is 19.4 Å². The molecule has 140 valence electrons. The van der Waals surface area contributed by atoms with Crippen LogP contribution in [0.4, 0.5) is 5.69 Å². The summed E-state index contributed by atoms with van der Waals surface area (Å²) in [6.45, 7) is 6.78. The number of nitrogens with zero attached hydrogens (tertiary/aromatic N) is 2. The molecule has 0 fully saturated rings. The van der Waals surface area contributed by atoms with E-state index in [1.54, 1.807) is 24.3 Å². The second-order valence-electron chi connectivity index (χ2n) is 6.77. The molecule has 1 unspecified atom stereocenters. The van der Waals surface area contributed by atoms with Crippen LogP contribution in [0.3, 0.4) is 0 Å². The number of hydrogen-bond donors (Lipinski definition) is 2. The van der Waals surface area contributed by atoms with E-state index in [9.17, 15) is 14.7 Å². The molecule has 26 heavy (non-hydrogen) atoms. The summed E-state index contributed by atoms with van der Waals surface area (Å²) in [7, 11) is 0. The van der Waals surface area contributed by atoms with E-state index in [-0.39, 0.29) is 11.8 Å². The molecule has 0 saturated heterocycles. The van der Waals surface area contributed by atoms with Gasteiger partial charge in [-0.2, -0.15) is 5.10 Å². The fourth-order valence-electron chi connectivity index (χ4n) is 2.18. The standard InChI is InChI=1S/C18H22ClN3O4/c1-11(2)15(26-14-7-5-6-12(19)8-14)16(23)21-13-9-20-22(10-13)18(3,4)17(24)25/h5-11,15H,1-4H3,(H,21,23)(H,24,25). The van der Waals surface area contributed by atoms with Crippen LogP contribution in [0.5, 0.6) is 5.75 Å². The summed E-state index contributed by atoms with van der Waals surface area (Å²) in [5.41, 5.74) is -0.831. The van der Waals surface area contributed by atoms with E-state index in [2.05, 4.69) is 10.4 Å². The molecule has 2 N–H and O–H groups in total. The van der Waals surface area contributed by atoms with Crippen LogP contribution in [-0.2, 0) is 15.1 Å². The van der Waals surface area contributed by atoms with Gasteiger partial charge in [0.25, 0.3) is 5.91 Å². The van der Waals surface area contributed by atoms with Gasteiger partial charge in [-0.15, -0.1) is 0 Å². The number of aliphatic carboxylic acids is 1. The molecule has 1 atom stereocenters. The molecule has 7 nitrogen and oxygen atoms in total. The minimum Gasteiger partial charge on any atom is -0.480 e. The second kappa shape index (κ2) is 7.78. The van der Waals surface area contributed by atoms with Crippen molar-refractivity contribution in [3.05, 3.63) is 41.7 Å². The number of carboxylic acid groups (broad SMARTS) is 1. The van der Waals surface area contributed by atoms with Gasteiger partial charge in [0, 0.05) is 11.2 Å². The van der Waals surface area contributed by atoms with E-state index >= 15 is 0 Å². The molecule has 1 amide bonds. The largest absolute Gasteiger partial charge is 0.480 e. The lowest BCUT2D eigenvalue weighted by atomic mass is 10.1. The lowest BCUT2D eigenvalue weighted by Gasteiger charge is -2.22. The molecule has 8 heteroatoms. The van der Waals surface area contributed by atoms with E-state index in [0.29, 0.717) is 16.5 Å². The maximum absolute atomic E-state index is 12.6. The number of aromatic nitrogens is 2. The minimum atomic E-state index is -1.22. The van der Waals surface area contributed by atoms with Crippen LogP contribution in [-0.4, -0.2) is 32.9 Å². The monoisotopic (exact) mass is 379 g/mol. The number of carbonyl (C=O) groups excluding carboxylic acids is 1. The predicted octanol–water partition coefficient (Wildman–Crippen LogP) is 3.40. The molecule has 0 aliphatic heterocycles. The topological polar surface area (TPSA) is 93.5 Å². The van der Waals surface area contributed by atoms with Crippen molar-refractivity contribution >= 4 is 29.2 Å². The Balaban J connectivity index is 2.13. The molecule has 1 aromatic carbocycles. The highest BCUT2D eigenvalue weighted by Crippen LogP contribution is 2.22. The molecular formula is C18H22ClN3O4. The maximum atomic E-state index is 12.6. The molecular weight excluding hydrogens is 358 g/mol. The first-order chi connectivity index (χ1) is 12.1. The fraction of sp³-hybridized carbons (Fsp3) is 0.389. The second-order valence-corrected chi connectivity index (χ2v) is 7.20. The van der Waals surface area contributed by atoms with Gasteiger partial charge in [0.15, 0.2) is 11.6 Å². The van der Waals surface area contributed by atoms with E-state index in [1.807, 2.05) is 13.8 Å². The van der Waals surface area contributed by atoms with Gasteiger partial charge in [-0.25, -0.2) is 4.79 Å². The van der Waals surface area contributed by atoms with E-state index in [4.69, 9.17) is 16.3 Å². The Bertz CT molecular complexity index is 801. The first-order valence-corrected chi connectivity index (χ1v) is 8.50. The maximum Gasteiger partial charge on any atom is 0.331 e. The number of nitrogens with one attached hydrogen (secondary N) is 1. The summed E-state index contributed by atoms with van der Waals surface area (Å²) >= 11 is 5.95. The number of rotatable bonds is 7. The van der Waals surface area contributed by atoms with Crippen LogP contribution in [0.25, 0.3) is 0 Å². The molecule has 1 heterocycles. The summed E-state index contributed by atoms with van der Waals surface area (Å²) in [5, 5.41) is 16.5. The Morgan fingerprint density at radius 2 is 2.04 bits per heavy atom. The number of halogens is 1. The molecule has 2 aromatic rings. The quantitative estimate of drug-likeness (QED) is 0.769. The predicted molar refractivity (Wildman–Crippen MR) is 98.5 cm³/mol. The van der Waals surface area contributed by atoms with Crippen LogP contribution in [0, 0.1) is 5.92 Å². The molecule has 0 saturated carbocycles. The van der Waals surface area contributed by atoms with E-state index in [1.165, 1.54) is 30.9 Å². The number of amides is 1. The summed E-state index contributed by atoms with van der Waals surface area (Å²) in [6.07, 6.45) is 2.13. The highest BCUT2D eigenvalue weighted by Gasteiger charge is 2.31. The van der Waals surface area contributed by atoms with Crippen LogP contribution in [0.15, 0.2) is 36.7 Å². The lowest BCUT2D eigenvalue weighted by molar-refractivity contribution is -0.146. The van der Waals surface area contributed by atoms with Gasteiger partial charge in [0.2, 0.25) is 0 Å². The molecule has 0 radical (unpaired) electrons. The summed E-state index contributed by atoms with van der Waals surface area (Å²) in [4.78, 5) is 23.9. The zero-order valence-corrected chi connectivity index (χ0v) is 15.8. The Kier molecular flexibility index (Phi) is 5.92. The van der Waals surface area contributed by atoms with Crippen molar-refractivity contribution in [2.24, 2.45) is 5.92 Å². The molecule has 0 aliphatic rings. The van der Waals surface area contributed by atoms with Gasteiger partial charge >= 0.3 is 5.97 Å². The number of anilines is 1. The lowest BCUT2D eigenvalue weighted by Crippen LogP contribution is -2.37. The van der Waals surface area contributed by atoms with Crippen molar-refractivity contribution in [2.45, 2.75) is 39.3 Å². The Labute approximate surface area is 156 Å². The third-order valence-electron chi connectivity index (χ3n) is 3.87. The van der Waals surface area contributed by atoms with Gasteiger partial charge in [-0.1, -0.05) is 31.5 Å². The average molecular weight is 380 g/mol. The number of ether oxygens (including phenoxy) is 1. The number of benzene rings is 1. The zero-order valence-electron chi connectivity index (χ0n) is 15.1. The third kappa shape index (κ3) is 4.54. The van der Waals surface area contributed by atoms with Gasteiger partial charge in [-0.3, -0.25) is 9.48 Å². The molecule has 0 spiro atoms. The Hall–Kier alpha value is -2.54. The molecule has 0 bridgehead atoms.